The van der Waals surface area contributed by atoms with Crippen LogP contribution in [-0.2, 0) is 4.74 Å². The van der Waals surface area contributed by atoms with Crippen LogP contribution in [0.1, 0.15) is 26.7 Å². The second kappa shape index (κ2) is 6.19. The Morgan fingerprint density at radius 2 is 1.82 bits per heavy atom. The number of hydrogen-bond donors (Lipinski definition) is 2. The van der Waals surface area contributed by atoms with Gasteiger partial charge in [0.15, 0.2) is 0 Å². The van der Waals surface area contributed by atoms with E-state index in [1.54, 1.807) is 0 Å². The third kappa shape index (κ3) is 5.88. The minimum Gasteiger partial charge on any atom is -0.450 e. The largest absolute Gasteiger partial charge is 0.450 e. The first kappa shape index (κ1) is 10.5. The molecule has 0 radical (unpaired) electrons. The number of aliphatic hydroxyl groups excluding tert-OH is 1. The molecule has 3 nitrogen and oxygen atoms in total. The van der Waals surface area contributed by atoms with Crippen LogP contribution < -0.4 is 0 Å². The minimum absolute atomic E-state index is 0.466. The maximum atomic E-state index is 8.29. The first-order valence-corrected chi connectivity index (χ1v) is 3.89. The van der Waals surface area contributed by atoms with Gasteiger partial charge in [0, 0.05) is 0 Å². The standard InChI is InChI=1S/C8H16O3/c1-3-7(4-2)5-6-11-8(9)10/h5-10H,3-4H2,1-2H3. The molecule has 0 aromatic heterocycles. The molecule has 0 bridgehead atoms. The van der Waals surface area contributed by atoms with E-state index in [1.807, 2.05) is 6.08 Å². The molecule has 2 N–H and O–H groups in total. The van der Waals surface area contributed by atoms with Crippen molar-refractivity contribution in [2.75, 3.05) is 0 Å². The monoisotopic (exact) mass is 160 g/mol. The van der Waals surface area contributed by atoms with Crippen molar-refractivity contribution in [1.82, 2.24) is 0 Å². The van der Waals surface area contributed by atoms with Gasteiger partial charge in [0.1, 0.15) is 0 Å². The Morgan fingerprint density at radius 1 is 1.27 bits per heavy atom. The van der Waals surface area contributed by atoms with Gasteiger partial charge >= 0.3 is 6.48 Å². The van der Waals surface area contributed by atoms with Crippen molar-refractivity contribution in [3.8, 4) is 0 Å². The summed E-state index contributed by atoms with van der Waals surface area (Å²) in [6.07, 6.45) is 5.25. The Labute approximate surface area is 67.3 Å². The Bertz CT molecular complexity index is 106. The molecular weight excluding hydrogens is 144 g/mol. The van der Waals surface area contributed by atoms with Crippen molar-refractivity contribution in [2.45, 2.75) is 33.2 Å². The fraction of sp³-hybridized carbons (Fsp3) is 0.750. The van der Waals surface area contributed by atoms with Crippen LogP contribution in [0.25, 0.3) is 0 Å². The quantitative estimate of drug-likeness (QED) is 0.469. The number of ether oxygens (including phenoxy) is 1. The first-order valence-electron chi connectivity index (χ1n) is 3.89. The summed E-state index contributed by atoms with van der Waals surface area (Å²) in [5, 5.41) is 16.6. The van der Waals surface area contributed by atoms with E-state index in [2.05, 4.69) is 18.6 Å². The molecule has 0 fully saturated rings. The normalized spacial score (nSPS) is 11.8. The highest BCUT2D eigenvalue weighted by atomic mass is 16.7. The van der Waals surface area contributed by atoms with Crippen molar-refractivity contribution in [3.63, 3.8) is 0 Å². The van der Waals surface area contributed by atoms with E-state index in [-0.39, 0.29) is 0 Å². The van der Waals surface area contributed by atoms with Crippen LogP contribution in [0.2, 0.25) is 0 Å². The van der Waals surface area contributed by atoms with Gasteiger partial charge in [-0.3, -0.25) is 0 Å². The van der Waals surface area contributed by atoms with Crippen LogP contribution in [0.15, 0.2) is 12.3 Å². The second-order valence-electron chi connectivity index (χ2n) is 2.37. The fourth-order valence-electron chi connectivity index (χ4n) is 0.788. The number of allylic oxidation sites excluding steroid dienone is 1. The molecule has 0 heterocycles. The maximum absolute atomic E-state index is 8.29. The molecule has 66 valence electrons. The Balaban J connectivity index is 3.53. The maximum Gasteiger partial charge on any atom is 0.310 e. The van der Waals surface area contributed by atoms with Gasteiger partial charge in [-0.15, -0.1) is 0 Å². The van der Waals surface area contributed by atoms with Crippen molar-refractivity contribution >= 4 is 0 Å². The van der Waals surface area contributed by atoms with E-state index < -0.39 is 6.48 Å². The molecule has 11 heavy (non-hydrogen) atoms. The van der Waals surface area contributed by atoms with E-state index in [0.717, 1.165) is 12.8 Å². The number of aliphatic hydroxyl groups is 2. The zero-order valence-electron chi connectivity index (χ0n) is 7.03. The lowest BCUT2D eigenvalue weighted by Gasteiger charge is -2.05. The molecule has 0 aliphatic carbocycles. The summed E-state index contributed by atoms with van der Waals surface area (Å²) in [5.41, 5.74) is 0. The highest BCUT2D eigenvalue weighted by molar-refractivity contribution is 4.81. The lowest BCUT2D eigenvalue weighted by molar-refractivity contribution is -0.203. The lowest BCUT2D eigenvalue weighted by atomic mass is 10.0. The molecule has 0 aliphatic rings. The van der Waals surface area contributed by atoms with Crippen LogP contribution in [0, 0.1) is 5.92 Å². The summed E-state index contributed by atoms with van der Waals surface area (Å²) in [5.74, 6) is 0.466. The Hall–Kier alpha value is -0.540. The third-order valence-corrected chi connectivity index (χ3v) is 1.60. The number of rotatable bonds is 5. The van der Waals surface area contributed by atoms with E-state index in [1.165, 1.54) is 6.26 Å². The zero-order valence-corrected chi connectivity index (χ0v) is 7.03. The number of hydrogen-bond acceptors (Lipinski definition) is 3. The van der Waals surface area contributed by atoms with Crippen molar-refractivity contribution in [3.05, 3.63) is 12.3 Å². The van der Waals surface area contributed by atoms with Crippen LogP contribution in [-0.4, -0.2) is 16.7 Å². The Morgan fingerprint density at radius 3 is 2.18 bits per heavy atom. The van der Waals surface area contributed by atoms with Crippen LogP contribution in [0.4, 0.5) is 0 Å². The third-order valence-electron chi connectivity index (χ3n) is 1.60. The van der Waals surface area contributed by atoms with Gasteiger partial charge in [0.25, 0.3) is 0 Å². The molecular formula is C8H16O3. The predicted octanol–water partition coefficient (Wildman–Crippen LogP) is 1.22. The van der Waals surface area contributed by atoms with Gasteiger partial charge in [-0.2, -0.15) is 0 Å². The van der Waals surface area contributed by atoms with E-state index in [4.69, 9.17) is 10.2 Å². The van der Waals surface area contributed by atoms with Gasteiger partial charge < -0.3 is 14.9 Å². The van der Waals surface area contributed by atoms with Gasteiger partial charge in [-0.05, 0) is 24.8 Å². The highest BCUT2D eigenvalue weighted by Gasteiger charge is 1.97. The summed E-state index contributed by atoms with van der Waals surface area (Å²) in [4.78, 5) is 0. The van der Waals surface area contributed by atoms with Gasteiger partial charge in [0.2, 0.25) is 0 Å². The van der Waals surface area contributed by atoms with E-state index in [9.17, 15) is 0 Å². The summed E-state index contributed by atoms with van der Waals surface area (Å²) < 4.78 is 4.41. The molecule has 3 heteroatoms. The predicted molar refractivity (Wildman–Crippen MR) is 42.5 cm³/mol. The molecule has 0 atom stereocenters. The molecule has 0 spiro atoms. The summed E-state index contributed by atoms with van der Waals surface area (Å²) in [6.45, 7) is 2.46. The average molecular weight is 160 g/mol. The van der Waals surface area contributed by atoms with Crippen LogP contribution in [0.3, 0.4) is 0 Å². The minimum atomic E-state index is -1.69. The van der Waals surface area contributed by atoms with Crippen molar-refractivity contribution in [1.29, 1.82) is 0 Å². The SMILES string of the molecule is CCC(C=COC(O)O)CC. The molecule has 0 aliphatic heterocycles. The molecule has 0 saturated carbocycles. The summed E-state index contributed by atoms with van der Waals surface area (Å²) in [6, 6.07) is 0. The van der Waals surface area contributed by atoms with Crippen molar-refractivity contribution in [2.24, 2.45) is 5.92 Å². The van der Waals surface area contributed by atoms with Crippen LogP contribution in [0.5, 0.6) is 0 Å². The molecule has 0 saturated heterocycles. The first-order chi connectivity index (χ1) is 5.20. The van der Waals surface area contributed by atoms with Gasteiger partial charge in [0.05, 0.1) is 6.26 Å². The van der Waals surface area contributed by atoms with Gasteiger partial charge in [-0.25, -0.2) is 0 Å². The lowest BCUT2D eigenvalue weighted by Crippen LogP contribution is -2.05. The highest BCUT2D eigenvalue weighted by Crippen LogP contribution is 2.08. The average Bonchev–Trinajstić information content (AvgIpc) is 1.98. The Kier molecular flexibility index (Phi) is 5.88. The molecule has 0 aromatic carbocycles. The van der Waals surface area contributed by atoms with E-state index >= 15 is 0 Å². The smallest absolute Gasteiger partial charge is 0.310 e. The molecule has 0 unspecified atom stereocenters. The topological polar surface area (TPSA) is 49.7 Å². The zero-order chi connectivity index (χ0) is 8.69. The fourth-order valence-corrected chi connectivity index (χ4v) is 0.788. The second-order valence-corrected chi connectivity index (χ2v) is 2.37. The molecule has 0 amide bonds. The van der Waals surface area contributed by atoms with Gasteiger partial charge in [-0.1, -0.05) is 13.8 Å². The summed E-state index contributed by atoms with van der Waals surface area (Å²) >= 11 is 0. The van der Waals surface area contributed by atoms with Crippen LogP contribution >= 0.6 is 0 Å². The van der Waals surface area contributed by atoms with Crippen molar-refractivity contribution < 1.29 is 14.9 Å². The molecule has 0 rings (SSSR count). The molecule has 0 aromatic rings. The summed E-state index contributed by atoms with van der Waals surface area (Å²) in [7, 11) is 0. The van der Waals surface area contributed by atoms with E-state index in [0.29, 0.717) is 5.92 Å².